The van der Waals surface area contributed by atoms with Gasteiger partial charge in [-0.15, -0.1) is 0 Å². The molecule has 5 heteroatoms. The van der Waals surface area contributed by atoms with Crippen molar-refractivity contribution in [1.82, 2.24) is 0 Å². The van der Waals surface area contributed by atoms with Crippen molar-refractivity contribution in [2.45, 2.75) is 25.7 Å². The van der Waals surface area contributed by atoms with E-state index in [9.17, 15) is 19.5 Å². The van der Waals surface area contributed by atoms with Crippen LogP contribution in [0.15, 0.2) is 0 Å². The highest BCUT2D eigenvalue weighted by Crippen LogP contribution is 1.99. The third-order valence-corrected chi connectivity index (χ3v) is 1.27. The molecule has 0 atom stereocenters. The van der Waals surface area contributed by atoms with Crippen LogP contribution in [0.25, 0.3) is 0 Å². The van der Waals surface area contributed by atoms with Crippen molar-refractivity contribution in [3.63, 3.8) is 0 Å². The molecule has 68 valence electrons. The Morgan fingerprint density at radius 2 is 1.58 bits per heavy atom. The first-order valence-corrected chi connectivity index (χ1v) is 3.50. The third-order valence-electron chi connectivity index (χ3n) is 1.27. The largest absolute Gasteiger partial charge is 0.542 e. The highest BCUT2D eigenvalue weighted by molar-refractivity contribution is 6.31. The first-order valence-electron chi connectivity index (χ1n) is 3.50. The summed E-state index contributed by atoms with van der Waals surface area (Å²) in [6.07, 6.45) is 0.406. The number of hydrogen-bond donors (Lipinski definition) is 1. The van der Waals surface area contributed by atoms with Gasteiger partial charge in [0.15, 0.2) is 5.78 Å². The van der Waals surface area contributed by atoms with E-state index in [4.69, 9.17) is 5.11 Å². The highest BCUT2D eigenvalue weighted by atomic mass is 16.4. The fourth-order valence-corrected chi connectivity index (χ4v) is 0.664. The van der Waals surface area contributed by atoms with E-state index in [-0.39, 0.29) is 19.3 Å². The van der Waals surface area contributed by atoms with Crippen molar-refractivity contribution in [1.29, 1.82) is 0 Å². The quantitative estimate of drug-likeness (QED) is 0.408. The Labute approximate surface area is 69.0 Å². The van der Waals surface area contributed by atoms with Gasteiger partial charge in [-0.05, 0) is 12.8 Å². The number of carbonyl (C=O) groups excluding carboxylic acids is 2. The number of unbranched alkanes of at least 4 members (excludes halogenated alkanes) is 1. The van der Waals surface area contributed by atoms with Crippen LogP contribution in [0, 0.1) is 0 Å². The van der Waals surface area contributed by atoms with Crippen LogP contribution in [0.1, 0.15) is 25.7 Å². The average Bonchev–Trinajstić information content (AvgIpc) is 1.97. The van der Waals surface area contributed by atoms with Crippen LogP contribution in [-0.2, 0) is 14.4 Å². The predicted octanol–water partition coefficient (Wildman–Crippen LogP) is -1.05. The zero-order valence-corrected chi connectivity index (χ0v) is 6.41. The standard InChI is InChI=1S/C7H10O5/c8-5(7(11)12)3-1-2-4-6(9)10/h1-4H2,(H,9,10)(H,11,12)/p-1. The van der Waals surface area contributed by atoms with Crippen LogP contribution < -0.4 is 5.11 Å². The van der Waals surface area contributed by atoms with Crippen molar-refractivity contribution in [2.75, 3.05) is 0 Å². The van der Waals surface area contributed by atoms with Crippen molar-refractivity contribution in [3.8, 4) is 0 Å². The Hall–Kier alpha value is -1.39. The zero-order valence-electron chi connectivity index (χ0n) is 6.41. The van der Waals surface area contributed by atoms with Gasteiger partial charge in [0.05, 0.1) is 0 Å². The molecule has 0 fully saturated rings. The van der Waals surface area contributed by atoms with E-state index in [1.165, 1.54) is 0 Å². The maximum absolute atomic E-state index is 10.4. The van der Waals surface area contributed by atoms with E-state index in [0.29, 0.717) is 6.42 Å². The van der Waals surface area contributed by atoms with E-state index in [1.54, 1.807) is 0 Å². The summed E-state index contributed by atoms with van der Waals surface area (Å²) in [5.41, 5.74) is 0. The fourth-order valence-electron chi connectivity index (χ4n) is 0.664. The lowest BCUT2D eigenvalue weighted by molar-refractivity contribution is -0.300. The van der Waals surface area contributed by atoms with Crippen LogP contribution in [-0.4, -0.2) is 22.8 Å². The summed E-state index contributed by atoms with van der Waals surface area (Å²) < 4.78 is 0. The third kappa shape index (κ3) is 5.40. The second-order valence-electron chi connectivity index (χ2n) is 2.31. The van der Waals surface area contributed by atoms with Crippen LogP contribution in [0.4, 0.5) is 0 Å². The monoisotopic (exact) mass is 173 g/mol. The SMILES string of the molecule is O=C(O)CCCCC(=O)C(=O)[O-]. The normalized spacial score (nSPS) is 9.33. The number of aliphatic carboxylic acids is 2. The number of carbonyl (C=O) groups is 3. The number of Topliss-reactive ketones (excluding diaryl/α,β-unsaturated/α-hetero) is 1. The topological polar surface area (TPSA) is 94.5 Å². The molecule has 0 spiro atoms. The van der Waals surface area contributed by atoms with E-state index in [0.717, 1.165) is 0 Å². The second-order valence-corrected chi connectivity index (χ2v) is 2.31. The number of hydrogen-bond acceptors (Lipinski definition) is 4. The molecule has 0 aromatic rings. The minimum Gasteiger partial charge on any atom is -0.542 e. The molecule has 0 heterocycles. The molecular weight excluding hydrogens is 164 g/mol. The van der Waals surface area contributed by atoms with E-state index in [2.05, 4.69) is 0 Å². The van der Waals surface area contributed by atoms with Crippen LogP contribution in [0.5, 0.6) is 0 Å². The molecule has 0 radical (unpaired) electrons. The lowest BCUT2D eigenvalue weighted by Gasteiger charge is -1.99. The van der Waals surface area contributed by atoms with Gasteiger partial charge in [-0.3, -0.25) is 9.59 Å². The molecule has 0 rings (SSSR count). The molecule has 0 aromatic carbocycles. The van der Waals surface area contributed by atoms with Gasteiger partial charge in [-0.25, -0.2) is 0 Å². The maximum atomic E-state index is 10.4. The van der Waals surface area contributed by atoms with Gasteiger partial charge in [0.25, 0.3) is 0 Å². The lowest BCUT2D eigenvalue weighted by atomic mass is 10.1. The maximum Gasteiger partial charge on any atom is 0.303 e. The Morgan fingerprint density at radius 1 is 1.08 bits per heavy atom. The number of rotatable bonds is 6. The molecule has 0 bridgehead atoms. The number of carboxylic acids is 2. The zero-order chi connectivity index (χ0) is 9.56. The molecule has 0 saturated carbocycles. The smallest absolute Gasteiger partial charge is 0.303 e. The van der Waals surface area contributed by atoms with Crippen molar-refractivity contribution < 1.29 is 24.6 Å². The molecule has 5 nitrogen and oxygen atoms in total. The van der Waals surface area contributed by atoms with Crippen LogP contribution in [0.2, 0.25) is 0 Å². The van der Waals surface area contributed by atoms with Crippen molar-refractivity contribution >= 4 is 17.7 Å². The van der Waals surface area contributed by atoms with E-state index < -0.39 is 17.7 Å². The fraction of sp³-hybridized carbons (Fsp3) is 0.571. The van der Waals surface area contributed by atoms with Crippen molar-refractivity contribution in [2.24, 2.45) is 0 Å². The molecule has 0 unspecified atom stereocenters. The lowest BCUT2D eigenvalue weighted by Crippen LogP contribution is -2.31. The predicted molar refractivity (Wildman–Crippen MR) is 36.1 cm³/mol. The Kier molecular flexibility index (Phi) is 4.67. The molecular formula is C7H9O5-. The van der Waals surface area contributed by atoms with E-state index in [1.807, 2.05) is 0 Å². The van der Waals surface area contributed by atoms with Gasteiger partial charge in [-0.2, -0.15) is 0 Å². The molecule has 0 aliphatic rings. The average molecular weight is 173 g/mol. The molecule has 0 aliphatic carbocycles. The van der Waals surface area contributed by atoms with Crippen molar-refractivity contribution in [3.05, 3.63) is 0 Å². The Balaban J connectivity index is 3.38. The second kappa shape index (κ2) is 5.29. The molecule has 12 heavy (non-hydrogen) atoms. The highest BCUT2D eigenvalue weighted by Gasteiger charge is 2.02. The summed E-state index contributed by atoms with van der Waals surface area (Å²) in [7, 11) is 0. The van der Waals surface area contributed by atoms with Gasteiger partial charge in [0.1, 0.15) is 5.97 Å². The molecule has 0 aliphatic heterocycles. The van der Waals surface area contributed by atoms with Gasteiger partial charge < -0.3 is 15.0 Å². The van der Waals surface area contributed by atoms with Gasteiger partial charge >= 0.3 is 5.97 Å². The van der Waals surface area contributed by atoms with Gasteiger partial charge in [0, 0.05) is 12.8 Å². The summed E-state index contributed by atoms with van der Waals surface area (Å²) in [4.78, 5) is 30.2. The van der Waals surface area contributed by atoms with Crippen LogP contribution >= 0.6 is 0 Å². The van der Waals surface area contributed by atoms with Gasteiger partial charge in [0.2, 0.25) is 0 Å². The number of ketones is 1. The summed E-state index contributed by atoms with van der Waals surface area (Å²) in [6, 6.07) is 0. The summed E-state index contributed by atoms with van der Waals surface area (Å²) in [6.45, 7) is 0. The summed E-state index contributed by atoms with van der Waals surface area (Å²) >= 11 is 0. The first kappa shape index (κ1) is 10.6. The van der Waals surface area contributed by atoms with Gasteiger partial charge in [-0.1, -0.05) is 0 Å². The summed E-state index contributed by atoms with van der Waals surface area (Å²) in [5, 5.41) is 18.0. The molecule has 0 aromatic heterocycles. The molecule has 0 saturated heterocycles. The van der Waals surface area contributed by atoms with Crippen LogP contribution in [0.3, 0.4) is 0 Å². The Morgan fingerprint density at radius 3 is 2.00 bits per heavy atom. The minimum absolute atomic E-state index is 0.0413. The minimum atomic E-state index is -1.70. The number of carboxylic acid groups (broad SMARTS) is 2. The molecule has 0 amide bonds. The Bertz CT molecular complexity index is 196. The first-order chi connectivity index (χ1) is 5.54. The summed E-state index contributed by atoms with van der Waals surface area (Å²) in [5.74, 6) is -3.62. The van der Waals surface area contributed by atoms with E-state index >= 15 is 0 Å². The molecule has 1 N–H and O–H groups in total.